The summed E-state index contributed by atoms with van der Waals surface area (Å²) in [5.74, 6) is 0.882. The van der Waals surface area contributed by atoms with Crippen molar-refractivity contribution in [2.75, 3.05) is 31.2 Å². The second kappa shape index (κ2) is 7.04. The number of hydrogen-bond acceptors (Lipinski definition) is 5. The maximum Gasteiger partial charge on any atom is 0.264 e. The van der Waals surface area contributed by atoms with Crippen molar-refractivity contribution in [2.45, 2.75) is 44.2 Å². The fraction of sp³-hybridized carbons (Fsp3) is 0.733. The monoisotopic (exact) mass is 292 g/mol. The molecule has 1 atom stereocenters. The molecule has 6 heteroatoms. The Labute approximate surface area is 124 Å². The predicted molar refractivity (Wildman–Crippen MR) is 81.7 cm³/mol. The van der Waals surface area contributed by atoms with Crippen molar-refractivity contribution in [1.29, 1.82) is 0 Å². The summed E-state index contributed by atoms with van der Waals surface area (Å²) in [7, 11) is 0. The number of piperidine rings is 1. The number of anilines is 1. The molecule has 2 aliphatic heterocycles. The zero-order chi connectivity index (χ0) is 14.5. The normalized spacial score (nSPS) is 24.2. The van der Waals surface area contributed by atoms with Gasteiger partial charge >= 0.3 is 0 Å². The molecule has 2 fully saturated rings. The van der Waals surface area contributed by atoms with Crippen molar-refractivity contribution in [3.63, 3.8) is 0 Å². The first kappa shape index (κ1) is 14.5. The van der Waals surface area contributed by atoms with Crippen LogP contribution >= 0.6 is 0 Å². The molecular formula is C15H24N4O2. The Kier molecular flexibility index (Phi) is 4.87. The number of aromatic amines is 1. The molecule has 0 radical (unpaired) electrons. The fourth-order valence-corrected chi connectivity index (χ4v) is 3.22. The quantitative estimate of drug-likeness (QED) is 0.863. The molecule has 2 aliphatic rings. The molecule has 1 unspecified atom stereocenters. The van der Waals surface area contributed by atoms with Gasteiger partial charge in [0.1, 0.15) is 5.82 Å². The molecule has 0 aromatic carbocycles. The SMILES string of the molecule is O=c1ccc(N2CCCCC2CNC2CCOCC2)n[nH]1. The van der Waals surface area contributed by atoms with E-state index in [1.165, 1.54) is 19.3 Å². The maximum atomic E-state index is 11.2. The molecule has 2 saturated heterocycles. The third-order valence-corrected chi connectivity index (χ3v) is 4.45. The molecule has 3 rings (SSSR count). The van der Waals surface area contributed by atoms with Crippen molar-refractivity contribution in [1.82, 2.24) is 15.5 Å². The van der Waals surface area contributed by atoms with Gasteiger partial charge in [-0.2, -0.15) is 5.10 Å². The molecule has 21 heavy (non-hydrogen) atoms. The van der Waals surface area contributed by atoms with Gasteiger partial charge in [-0.05, 0) is 38.2 Å². The number of nitrogens with one attached hydrogen (secondary N) is 2. The van der Waals surface area contributed by atoms with Crippen LogP contribution in [0.1, 0.15) is 32.1 Å². The molecule has 0 saturated carbocycles. The molecule has 116 valence electrons. The van der Waals surface area contributed by atoms with Crippen LogP contribution in [0.15, 0.2) is 16.9 Å². The second-order valence-corrected chi connectivity index (χ2v) is 5.92. The van der Waals surface area contributed by atoms with E-state index >= 15 is 0 Å². The molecule has 0 bridgehead atoms. The summed E-state index contributed by atoms with van der Waals surface area (Å²) in [4.78, 5) is 13.5. The smallest absolute Gasteiger partial charge is 0.264 e. The molecule has 1 aromatic rings. The first-order chi connectivity index (χ1) is 10.3. The highest BCUT2D eigenvalue weighted by Gasteiger charge is 2.24. The van der Waals surface area contributed by atoms with Crippen LogP contribution in [0, 0.1) is 0 Å². The van der Waals surface area contributed by atoms with Crippen molar-refractivity contribution in [3.05, 3.63) is 22.5 Å². The van der Waals surface area contributed by atoms with Gasteiger partial charge in [-0.1, -0.05) is 0 Å². The highest BCUT2D eigenvalue weighted by atomic mass is 16.5. The third-order valence-electron chi connectivity index (χ3n) is 4.45. The van der Waals surface area contributed by atoms with E-state index in [0.717, 1.165) is 45.0 Å². The van der Waals surface area contributed by atoms with Crippen LogP contribution in [0.3, 0.4) is 0 Å². The van der Waals surface area contributed by atoms with Gasteiger partial charge in [0.2, 0.25) is 0 Å². The Bertz CT molecular complexity index is 478. The molecule has 1 aromatic heterocycles. The summed E-state index contributed by atoms with van der Waals surface area (Å²) in [6.45, 7) is 3.73. The van der Waals surface area contributed by atoms with Gasteiger partial charge in [0.25, 0.3) is 5.56 Å². The van der Waals surface area contributed by atoms with Crippen LogP contribution in [-0.4, -0.2) is 48.6 Å². The average Bonchev–Trinajstić information content (AvgIpc) is 2.55. The molecule has 0 spiro atoms. The van der Waals surface area contributed by atoms with E-state index in [1.54, 1.807) is 6.07 Å². The lowest BCUT2D eigenvalue weighted by molar-refractivity contribution is 0.0774. The van der Waals surface area contributed by atoms with Crippen molar-refractivity contribution in [3.8, 4) is 0 Å². The summed E-state index contributed by atoms with van der Waals surface area (Å²) in [5.41, 5.74) is -0.146. The molecule has 0 aliphatic carbocycles. The summed E-state index contributed by atoms with van der Waals surface area (Å²) in [5, 5.41) is 10.4. The van der Waals surface area contributed by atoms with Crippen molar-refractivity contribution in [2.24, 2.45) is 0 Å². The van der Waals surface area contributed by atoms with Crippen molar-refractivity contribution < 1.29 is 4.74 Å². The number of H-pyrrole nitrogens is 1. The van der Waals surface area contributed by atoms with Crippen LogP contribution in [0.5, 0.6) is 0 Å². The second-order valence-electron chi connectivity index (χ2n) is 5.92. The van der Waals surface area contributed by atoms with Crippen LogP contribution < -0.4 is 15.8 Å². The Hall–Kier alpha value is -1.40. The van der Waals surface area contributed by atoms with Gasteiger partial charge < -0.3 is 15.0 Å². The molecular weight excluding hydrogens is 268 g/mol. The van der Waals surface area contributed by atoms with E-state index in [9.17, 15) is 4.79 Å². The van der Waals surface area contributed by atoms with E-state index in [4.69, 9.17) is 4.74 Å². The molecule has 3 heterocycles. The van der Waals surface area contributed by atoms with Gasteiger partial charge in [-0.3, -0.25) is 4.79 Å². The third kappa shape index (κ3) is 3.83. The van der Waals surface area contributed by atoms with E-state index in [2.05, 4.69) is 20.4 Å². The Morgan fingerprint density at radius 3 is 2.90 bits per heavy atom. The molecule has 6 nitrogen and oxygen atoms in total. The Morgan fingerprint density at radius 2 is 2.14 bits per heavy atom. The lowest BCUT2D eigenvalue weighted by Crippen LogP contribution is -2.49. The van der Waals surface area contributed by atoms with Crippen LogP contribution in [0.25, 0.3) is 0 Å². The summed E-state index contributed by atoms with van der Waals surface area (Å²) in [6.07, 6.45) is 5.83. The zero-order valence-electron chi connectivity index (χ0n) is 12.4. The summed E-state index contributed by atoms with van der Waals surface area (Å²) < 4.78 is 5.40. The maximum absolute atomic E-state index is 11.2. The highest BCUT2D eigenvalue weighted by Crippen LogP contribution is 2.22. The zero-order valence-corrected chi connectivity index (χ0v) is 12.4. The van der Waals surface area contributed by atoms with E-state index < -0.39 is 0 Å². The van der Waals surface area contributed by atoms with Crippen molar-refractivity contribution >= 4 is 5.82 Å². The van der Waals surface area contributed by atoms with E-state index in [-0.39, 0.29) is 5.56 Å². The minimum Gasteiger partial charge on any atom is -0.381 e. The van der Waals surface area contributed by atoms with Gasteiger partial charge in [0.15, 0.2) is 0 Å². The standard InChI is InChI=1S/C15H24N4O2/c20-15-5-4-14(17-18-15)19-8-2-1-3-13(19)11-16-12-6-9-21-10-7-12/h4-5,12-13,16H,1-3,6-11H2,(H,18,20). The van der Waals surface area contributed by atoms with Crippen LogP contribution in [0.4, 0.5) is 5.82 Å². The Morgan fingerprint density at radius 1 is 1.29 bits per heavy atom. The minimum atomic E-state index is -0.146. The summed E-state index contributed by atoms with van der Waals surface area (Å²) in [6, 6.07) is 4.41. The minimum absolute atomic E-state index is 0.146. The van der Waals surface area contributed by atoms with Crippen LogP contribution in [-0.2, 0) is 4.74 Å². The number of hydrogen-bond donors (Lipinski definition) is 2. The topological polar surface area (TPSA) is 70.2 Å². The fourth-order valence-electron chi connectivity index (χ4n) is 3.22. The number of aromatic nitrogens is 2. The largest absolute Gasteiger partial charge is 0.381 e. The van der Waals surface area contributed by atoms with Crippen LogP contribution in [0.2, 0.25) is 0 Å². The Balaban J connectivity index is 1.60. The number of nitrogens with zero attached hydrogens (tertiary/aromatic N) is 2. The van der Waals surface area contributed by atoms with E-state index in [1.807, 2.05) is 6.07 Å². The first-order valence-corrected chi connectivity index (χ1v) is 7.96. The molecule has 0 amide bonds. The van der Waals surface area contributed by atoms with Gasteiger partial charge in [-0.25, -0.2) is 5.10 Å². The number of rotatable bonds is 4. The van der Waals surface area contributed by atoms with Gasteiger partial charge in [-0.15, -0.1) is 0 Å². The lowest BCUT2D eigenvalue weighted by atomic mass is 10.0. The average molecular weight is 292 g/mol. The number of ether oxygens (including phenoxy) is 1. The van der Waals surface area contributed by atoms with E-state index in [0.29, 0.717) is 12.1 Å². The van der Waals surface area contributed by atoms with Gasteiger partial charge in [0.05, 0.1) is 0 Å². The lowest BCUT2D eigenvalue weighted by Gasteiger charge is -2.37. The molecule has 2 N–H and O–H groups in total. The highest BCUT2D eigenvalue weighted by molar-refractivity contribution is 5.38. The predicted octanol–water partition coefficient (Wildman–Crippen LogP) is 0.897. The summed E-state index contributed by atoms with van der Waals surface area (Å²) >= 11 is 0. The van der Waals surface area contributed by atoms with Gasteiger partial charge in [0, 0.05) is 44.5 Å². The first-order valence-electron chi connectivity index (χ1n) is 7.96.